The first-order chi connectivity index (χ1) is 16.0. The fraction of sp³-hybridized carbons (Fsp3) is 0.207. The Morgan fingerprint density at radius 1 is 0.818 bits per heavy atom. The molecule has 4 rings (SSSR count). The van der Waals surface area contributed by atoms with Crippen LogP contribution in [-0.4, -0.2) is 17.5 Å². The summed E-state index contributed by atoms with van der Waals surface area (Å²) in [5.41, 5.74) is 5.21. The number of carbonyl (C=O) groups is 2. The summed E-state index contributed by atoms with van der Waals surface area (Å²) in [5, 5.41) is 0. The van der Waals surface area contributed by atoms with E-state index in [0.29, 0.717) is 22.5 Å². The molecular formula is C29H27NO3. The molecule has 1 heterocycles. The molecule has 0 aromatic heterocycles. The molecule has 4 nitrogen and oxygen atoms in total. The third-order valence-electron chi connectivity index (χ3n) is 6.13. The standard InChI is InChI=1S/C29H27NO3/c1-19-12-10-11-17-24(19)27-25(28(31)23-15-8-5-9-16-23)20(2)30-21(3)26(27)29(32)33-18-22-13-6-4-7-14-22/h4-17,25,27H,18H2,1-3H3. The highest BCUT2D eigenvalue weighted by atomic mass is 16.5. The number of ketones is 1. The zero-order valence-electron chi connectivity index (χ0n) is 19.1. The van der Waals surface area contributed by atoms with Gasteiger partial charge in [-0.25, -0.2) is 4.79 Å². The molecule has 2 atom stereocenters. The molecule has 0 saturated heterocycles. The fourth-order valence-corrected chi connectivity index (χ4v) is 4.50. The first-order valence-corrected chi connectivity index (χ1v) is 11.1. The van der Waals surface area contributed by atoms with Gasteiger partial charge >= 0.3 is 5.97 Å². The highest BCUT2D eigenvalue weighted by molar-refractivity contribution is 6.15. The van der Waals surface area contributed by atoms with Crippen molar-refractivity contribution in [2.45, 2.75) is 33.3 Å². The first-order valence-electron chi connectivity index (χ1n) is 11.1. The number of carbonyl (C=O) groups excluding carboxylic acids is 2. The van der Waals surface area contributed by atoms with Gasteiger partial charge in [-0.3, -0.25) is 9.79 Å². The van der Waals surface area contributed by atoms with Crippen molar-refractivity contribution in [3.8, 4) is 0 Å². The van der Waals surface area contributed by atoms with Crippen molar-refractivity contribution in [3.63, 3.8) is 0 Å². The first kappa shape index (κ1) is 22.4. The van der Waals surface area contributed by atoms with Gasteiger partial charge in [0.15, 0.2) is 5.78 Å². The zero-order chi connectivity index (χ0) is 23.4. The van der Waals surface area contributed by atoms with Gasteiger partial charge in [0.05, 0.1) is 11.5 Å². The van der Waals surface area contributed by atoms with Crippen LogP contribution in [0.25, 0.3) is 0 Å². The number of allylic oxidation sites excluding steroid dienone is 1. The number of hydrogen-bond donors (Lipinski definition) is 0. The van der Waals surface area contributed by atoms with Crippen molar-refractivity contribution < 1.29 is 14.3 Å². The number of aryl methyl sites for hydroxylation is 1. The molecule has 0 N–H and O–H groups in total. The highest BCUT2D eigenvalue weighted by Crippen LogP contribution is 2.42. The van der Waals surface area contributed by atoms with E-state index in [0.717, 1.165) is 16.7 Å². The van der Waals surface area contributed by atoms with Crippen molar-refractivity contribution in [2.75, 3.05) is 0 Å². The Balaban J connectivity index is 1.77. The largest absolute Gasteiger partial charge is 0.457 e. The maximum Gasteiger partial charge on any atom is 0.336 e. The van der Waals surface area contributed by atoms with Crippen LogP contribution in [0.1, 0.15) is 46.8 Å². The summed E-state index contributed by atoms with van der Waals surface area (Å²) >= 11 is 0. The van der Waals surface area contributed by atoms with Crippen molar-refractivity contribution in [1.29, 1.82) is 0 Å². The van der Waals surface area contributed by atoms with E-state index < -0.39 is 17.8 Å². The monoisotopic (exact) mass is 437 g/mol. The summed E-state index contributed by atoms with van der Waals surface area (Å²) in [6, 6.07) is 26.7. The van der Waals surface area contributed by atoms with E-state index in [9.17, 15) is 9.59 Å². The lowest BCUT2D eigenvalue weighted by molar-refractivity contribution is -0.140. The molecule has 33 heavy (non-hydrogen) atoms. The van der Waals surface area contributed by atoms with Gasteiger partial charge in [0.2, 0.25) is 0 Å². The molecule has 0 radical (unpaired) electrons. The number of hydrogen-bond acceptors (Lipinski definition) is 4. The summed E-state index contributed by atoms with van der Waals surface area (Å²) in [5.74, 6) is -1.55. The number of nitrogens with zero attached hydrogens (tertiary/aromatic N) is 1. The molecule has 166 valence electrons. The molecule has 3 aromatic rings. The number of esters is 1. The summed E-state index contributed by atoms with van der Waals surface area (Å²) < 4.78 is 5.72. The lowest BCUT2D eigenvalue weighted by atomic mass is 9.71. The van der Waals surface area contributed by atoms with Gasteiger partial charge in [-0.15, -0.1) is 0 Å². The number of benzene rings is 3. The maximum absolute atomic E-state index is 13.7. The maximum atomic E-state index is 13.7. The van der Waals surface area contributed by atoms with E-state index in [2.05, 4.69) is 4.99 Å². The van der Waals surface area contributed by atoms with Crippen molar-refractivity contribution in [1.82, 2.24) is 0 Å². The SMILES string of the molecule is CC1=NC(C)=C(C(=O)OCc2ccccc2)C(c2ccccc2C)C1C(=O)c1ccccc1. The second-order valence-electron chi connectivity index (χ2n) is 8.36. The van der Waals surface area contributed by atoms with E-state index >= 15 is 0 Å². The lowest BCUT2D eigenvalue weighted by Gasteiger charge is -2.33. The van der Waals surface area contributed by atoms with Crippen LogP contribution < -0.4 is 0 Å². The summed E-state index contributed by atoms with van der Waals surface area (Å²) in [6.45, 7) is 5.85. The molecule has 0 amide bonds. The number of Topliss-reactive ketones (excluding diaryl/α,β-unsaturated/α-hetero) is 1. The van der Waals surface area contributed by atoms with Crippen LogP contribution in [0.3, 0.4) is 0 Å². The molecule has 0 spiro atoms. The molecule has 1 aliphatic rings. The molecule has 0 fully saturated rings. The van der Waals surface area contributed by atoms with Gasteiger partial charge in [-0.1, -0.05) is 84.9 Å². The minimum atomic E-state index is -0.587. The zero-order valence-corrected chi connectivity index (χ0v) is 19.1. The molecule has 3 aromatic carbocycles. The quantitative estimate of drug-likeness (QED) is 0.347. The molecule has 0 aliphatic carbocycles. The van der Waals surface area contributed by atoms with Crippen molar-refractivity contribution in [2.24, 2.45) is 10.9 Å². The minimum absolute atomic E-state index is 0.0500. The fourth-order valence-electron chi connectivity index (χ4n) is 4.50. The number of rotatable bonds is 6. The molecule has 0 saturated carbocycles. The topological polar surface area (TPSA) is 55.7 Å². The highest BCUT2D eigenvalue weighted by Gasteiger charge is 2.42. The third kappa shape index (κ3) is 4.70. The van der Waals surface area contributed by atoms with Crippen molar-refractivity contribution in [3.05, 3.63) is 118 Å². The van der Waals surface area contributed by atoms with Crippen LogP contribution in [0.4, 0.5) is 0 Å². The van der Waals surface area contributed by atoms with E-state index in [1.165, 1.54) is 0 Å². The summed E-state index contributed by atoms with van der Waals surface area (Å²) in [7, 11) is 0. The van der Waals surface area contributed by atoms with Gasteiger partial charge in [-0.05, 0) is 37.5 Å². The number of aliphatic imine (C=N–C) groups is 1. The van der Waals surface area contributed by atoms with Crippen LogP contribution >= 0.6 is 0 Å². The van der Waals surface area contributed by atoms with Crippen LogP contribution in [-0.2, 0) is 16.1 Å². The molecule has 2 unspecified atom stereocenters. The van der Waals surface area contributed by atoms with Crippen LogP contribution in [0.5, 0.6) is 0 Å². The van der Waals surface area contributed by atoms with E-state index in [1.807, 2.05) is 106 Å². The van der Waals surface area contributed by atoms with E-state index in [1.54, 1.807) is 0 Å². The van der Waals surface area contributed by atoms with Crippen LogP contribution in [0.2, 0.25) is 0 Å². The summed E-state index contributed by atoms with van der Waals surface area (Å²) in [4.78, 5) is 31.8. The molecule has 4 heteroatoms. The molecular weight excluding hydrogens is 410 g/mol. The second-order valence-corrected chi connectivity index (χ2v) is 8.36. The average molecular weight is 438 g/mol. The predicted molar refractivity (Wildman–Crippen MR) is 130 cm³/mol. The Bertz CT molecular complexity index is 1230. The third-order valence-corrected chi connectivity index (χ3v) is 6.13. The molecule has 1 aliphatic heterocycles. The Kier molecular flexibility index (Phi) is 6.64. The Morgan fingerprint density at radius 3 is 2.09 bits per heavy atom. The van der Waals surface area contributed by atoms with Gasteiger partial charge in [0.1, 0.15) is 6.61 Å². The number of ether oxygens (including phenoxy) is 1. The minimum Gasteiger partial charge on any atom is -0.457 e. The molecule has 0 bridgehead atoms. The van der Waals surface area contributed by atoms with E-state index in [-0.39, 0.29) is 12.4 Å². The second kappa shape index (κ2) is 9.78. The van der Waals surface area contributed by atoms with E-state index in [4.69, 9.17) is 4.74 Å². The lowest BCUT2D eigenvalue weighted by Crippen LogP contribution is -2.36. The normalized spacial score (nSPS) is 18.0. The van der Waals surface area contributed by atoms with Crippen LogP contribution in [0.15, 0.2) is 101 Å². The Labute approximate surface area is 194 Å². The predicted octanol–water partition coefficient (Wildman–Crippen LogP) is 6.07. The van der Waals surface area contributed by atoms with Gasteiger partial charge in [0, 0.05) is 22.9 Å². The average Bonchev–Trinajstić information content (AvgIpc) is 2.83. The van der Waals surface area contributed by atoms with Gasteiger partial charge in [0.25, 0.3) is 0 Å². The summed E-state index contributed by atoms with van der Waals surface area (Å²) in [6.07, 6.45) is 0. The van der Waals surface area contributed by atoms with Gasteiger partial charge < -0.3 is 4.74 Å². The van der Waals surface area contributed by atoms with Gasteiger partial charge in [-0.2, -0.15) is 0 Å². The van der Waals surface area contributed by atoms with Crippen molar-refractivity contribution >= 4 is 17.5 Å². The Hall–Kier alpha value is -3.79. The van der Waals surface area contributed by atoms with Crippen LogP contribution in [0, 0.1) is 12.8 Å². The smallest absolute Gasteiger partial charge is 0.336 e. The Morgan fingerprint density at radius 2 is 1.42 bits per heavy atom.